The van der Waals surface area contributed by atoms with Crippen molar-refractivity contribution < 1.29 is 4.39 Å². The predicted molar refractivity (Wildman–Crippen MR) is 118 cm³/mol. The number of halogens is 1. The van der Waals surface area contributed by atoms with Gasteiger partial charge in [0.2, 0.25) is 5.95 Å². The number of piperidine rings is 1. The molecule has 7 heteroatoms. The molecule has 1 aromatic carbocycles. The third kappa shape index (κ3) is 3.94. The van der Waals surface area contributed by atoms with Crippen molar-refractivity contribution in [1.29, 1.82) is 0 Å². The number of hydrogen-bond donors (Lipinski definition) is 1. The average molecular weight is 410 g/mol. The Morgan fingerprint density at radius 1 is 1.20 bits per heavy atom. The number of nitrogens with zero attached hydrogens (tertiary/aromatic N) is 4. The first-order chi connectivity index (χ1) is 14.3. The van der Waals surface area contributed by atoms with E-state index in [1.807, 2.05) is 13.8 Å². The molecular formula is C23H28FN5O. The SMILES string of the molecule is Cc1ccc(-c2cc3cnc(NC4CCN(C)CC4)nc3n(C(C)C)c2=O)cc1F. The first-order valence-electron chi connectivity index (χ1n) is 10.5. The van der Waals surface area contributed by atoms with Gasteiger partial charge in [-0.2, -0.15) is 4.98 Å². The highest BCUT2D eigenvalue weighted by atomic mass is 19.1. The monoisotopic (exact) mass is 409 g/mol. The Morgan fingerprint density at radius 2 is 1.93 bits per heavy atom. The minimum absolute atomic E-state index is 0.0960. The van der Waals surface area contributed by atoms with Crippen molar-refractivity contribution in [2.45, 2.75) is 45.7 Å². The number of anilines is 1. The molecule has 2 aromatic heterocycles. The van der Waals surface area contributed by atoms with Crippen molar-refractivity contribution in [2.75, 3.05) is 25.5 Å². The quantitative estimate of drug-likeness (QED) is 0.706. The number of benzene rings is 1. The topological polar surface area (TPSA) is 63.1 Å². The first kappa shape index (κ1) is 20.5. The third-order valence-electron chi connectivity index (χ3n) is 5.82. The Bertz CT molecular complexity index is 1130. The number of nitrogens with one attached hydrogen (secondary N) is 1. The van der Waals surface area contributed by atoms with Crippen molar-refractivity contribution in [2.24, 2.45) is 0 Å². The summed E-state index contributed by atoms with van der Waals surface area (Å²) < 4.78 is 15.8. The van der Waals surface area contributed by atoms with Crippen LogP contribution in [0.15, 0.2) is 35.3 Å². The van der Waals surface area contributed by atoms with E-state index in [1.165, 1.54) is 6.07 Å². The van der Waals surface area contributed by atoms with Crippen LogP contribution in [0.2, 0.25) is 0 Å². The maximum Gasteiger partial charge on any atom is 0.260 e. The molecule has 0 saturated carbocycles. The maximum atomic E-state index is 14.1. The van der Waals surface area contributed by atoms with Crippen LogP contribution in [0, 0.1) is 12.7 Å². The minimum atomic E-state index is -0.322. The lowest BCUT2D eigenvalue weighted by Gasteiger charge is -2.29. The van der Waals surface area contributed by atoms with Gasteiger partial charge in [-0.3, -0.25) is 9.36 Å². The average Bonchev–Trinajstić information content (AvgIpc) is 2.71. The van der Waals surface area contributed by atoms with Crippen LogP contribution in [-0.4, -0.2) is 45.6 Å². The molecule has 6 nitrogen and oxygen atoms in total. The molecule has 0 radical (unpaired) electrons. The molecule has 0 spiro atoms. The van der Waals surface area contributed by atoms with Crippen LogP contribution in [0.1, 0.15) is 38.3 Å². The van der Waals surface area contributed by atoms with Crippen molar-refractivity contribution in [3.05, 3.63) is 52.2 Å². The van der Waals surface area contributed by atoms with Crippen LogP contribution in [0.25, 0.3) is 22.2 Å². The molecule has 1 aliphatic heterocycles. The number of aryl methyl sites for hydroxylation is 1. The second-order valence-electron chi connectivity index (χ2n) is 8.49. The summed E-state index contributed by atoms with van der Waals surface area (Å²) in [6.07, 6.45) is 3.81. The van der Waals surface area contributed by atoms with Crippen molar-refractivity contribution in [1.82, 2.24) is 19.4 Å². The molecule has 1 aliphatic rings. The van der Waals surface area contributed by atoms with Gasteiger partial charge in [0.15, 0.2) is 0 Å². The lowest BCUT2D eigenvalue weighted by molar-refractivity contribution is 0.263. The van der Waals surface area contributed by atoms with Crippen LogP contribution >= 0.6 is 0 Å². The summed E-state index contributed by atoms with van der Waals surface area (Å²) in [7, 11) is 2.13. The Labute approximate surface area is 175 Å². The van der Waals surface area contributed by atoms with E-state index < -0.39 is 0 Å². The first-order valence-corrected chi connectivity index (χ1v) is 10.5. The smallest absolute Gasteiger partial charge is 0.260 e. The molecule has 0 amide bonds. The van der Waals surface area contributed by atoms with E-state index in [2.05, 4.69) is 27.2 Å². The number of aromatic nitrogens is 3. The summed E-state index contributed by atoms with van der Waals surface area (Å²) in [5.74, 6) is 0.219. The lowest BCUT2D eigenvalue weighted by atomic mass is 10.0. The minimum Gasteiger partial charge on any atom is -0.351 e. The Morgan fingerprint density at radius 3 is 2.60 bits per heavy atom. The van der Waals surface area contributed by atoms with Gasteiger partial charge in [0.05, 0.1) is 0 Å². The molecule has 4 rings (SSSR count). The van der Waals surface area contributed by atoms with E-state index in [0.29, 0.717) is 34.3 Å². The highest BCUT2D eigenvalue weighted by molar-refractivity contribution is 5.81. The largest absolute Gasteiger partial charge is 0.351 e. The number of fused-ring (bicyclic) bond motifs is 1. The molecule has 0 aliphatic carbocycles. The van der Waals surface area contributed by atoms with Crippen LogP contribution in [-0.2, 0) is 0 Å². The van der Waals surface area contributed by atoms with Crippen molar-refractivity contribution >= 4 is 17.0 Å². The molecule has 0 atom stereocenters. The number of rotatable bonds is 4. The third-order valence-corrected chi connectivity index (χ3v) is 5.82. The van der Waals surface area contributed by atoms with E-state index in [0.717, 1.165) is 31.3 Å². The fraction of sp³-hybridized carbons (Fsp3) is 0.435. The summed E-state index contributed by atoms with van der Waals surface area (Å²) in [4.78, 5) is 24.8. The van der Waals surface area contributed by atoms with Crippen LogP contribution < -0.4 is 10.9 Å². The van der Waals surface area contributed by atoms with Crippen LogP contribution in [0.3, 0.4) is 0 Å². The summed E-state index contributed by atoms with van der Waals surface area (Å²) >= 11 is 0. The molecule has 158 valence electrons. The molecule has 1 saturated heterocycles. The fourth-order valence-corrected chi connectivity index (χ4v) is 3.97. The van der Waals surface area contributed by atoms with Gasteiger partial charge in [0, 0.05) is 29.2 Å². The highest BCUT2D eigenvalue weighted by Crippen LogP contribution is 2.24. The molecule has 3 aromatic rings. The zero-order valence-corrected chi connectivity index (χ0v) is 17.9. The molecular weight excluding hydrogens is 381 g/mol. The maximum absolute atomic E-state index is 14.1. The fourth-order valence-electron chi connectivity index (χ4n) is 3.97. The molecule has 0 bridgehead atoms. The zero-order valence-electron chi connectivity index (χ0n) is 17.9. The normalized spacial score (nSPS) is 15.8. The van der Waals surface area contributed by atoms with E-state index in [1.54, 1.807) is 35.9 Å². The summed E-state index contributed by atoms with van der Waals surface area (Å²) in [6, 6.07) is 6.88. The predicted octanol–water partition coefficient (Wildman–Crippen LogP) is 3.99. The molecule has 30 heavy (non-hydrogen) atoms. The standard InChI is InChI=1S/C23H28FN5O/c1-14(2)29-21-17(11-19(22(29)30)16-6-5-15(3)20(24)12-16)13-25-23(27-21)26-18-7-9-28(4)10-8-18/h5-6,11-14,18H,7-10H2,1-4H3,(H,25,26,27). The van der Waals surface area contributed by atoms with Gasteiger partial charge >= 0.3 is 0 Å². The van der Waals surface area contributed by atoms with Gasteiger partial charge in [-0.25, -0.2) is 9.37 Å². The second-order valence-corrected chi connectivity index (χ2v) is 8.49. The van der Waals surface area contributed by atoms with Gasteiger partial charge in [0.25, 0.3) is 5.56 Å². The van der Waals surface area contributed by atoms with Crippen molar-refractivity contribution in [3.8, 4) is 11.1 Å². The summed E-state index contributed by atoms with van der Waals surface area (Å²) in [6.45, 7) is 7.69. The van der Waals surface area contributed by atoms with Gasteiger partial charge in [0.1, 0.15) is 11.5 Å². The highest BCUT2D eigenvalue weighted by Gasteiger charge is 2.19. The van der Waals surface area contributed by atoms with Gasteiger partial charge in [-0.1, -0.05) is 12.1 Å². The molecule has 3 heterocycles. The molecule has 0 unspecified atom stereocenters. The van der Waals surface area contributed by atoms with E-state index >= 15 is 0 Å². The summed E-state index contributed by atoms with van der Waals surface area (Å²) in [5.41, 5.74) is 1.99. The van der Waals surface area contributed by atoms with Crippen LogP contribution in [0.5, 0.6) is 0 Å². The van der Waals surface area contributed by atoms with Crippen molar-refractivity contribution in [3.63, 3.8) is 0 Å². The van der Waals surface area contributed by atoms with E-state index in [-0.39, 0.29) is 17.4 Å². The molecule has 1 fully saturated rings. The lowest BCUT2D eigenvalue weighted by Crippen LogP contribution is -2.37. The Kier molecular flexibility index (Phi) is 5.56. The molecule has 1 N–H and O–H groups in total. The van der Waals surface area contributed by atoms with E-state index in [4.69, 9.17) is 0 Å². The summed E-state index contributed by atoms with van der Waals surface area (Å²) in [5, 5.41) is 4.18. The van der Waals surface area contributed by atoms with E-state index in [9.17, 15) is 9.18 Å². The van der Waals surface area contributed by atoms with Gasteiger partial charge < -0.3 is 10.2 Å². The second kappa shape index (κ2) is 8.14. The Balaban J connectivity index is 1.78. The number of likely N-dealkylation sites (tertiary alicyclic amines) is 1. The Hall–Kier alpha value is -2.80. The van der Waals surface area contributed by atoms with Crippen LogP contribution in [0.4, 0.5) is 10.3 Å². The van der Waals surface area contributed by atoms with Gasteiger partial charge in [-0.05, 0) is 77.0 Å². The number of pyridine rings is 1. The van der Waals surface area contributed by atoms with Gasteiger partial charge in [-0.15, -0.1) is 0 Å². The number of hydrogen-bond acceptors (Lipinski definition) is 5. The zero-order chi connectivity index (χ0) is 21.4.